The highest BCUT2D eigenvalue weighted by molar-refractivity contribution is 5.92. The molecular formula is C24H34N4O2. The highest BCUT2D eigenvalue weighted by Crippen LogP contribution is 2.33. The number of carbonyl (C=O) groups is 1. The van der Waals surface area contributed by atoms with Crippen molar-refractivity contribution in [3.05, 3.63) is 46.5 Å². The maximum atomic E-state index is 12.6. The van der Waals surface area contributed by atoms with Gasteiger partial charge in [0.2, 0.25) is 0 Å². The van der Waals surface area contributed by atoms with Gasteiger partial charge in [0.1, 0.15) is 17.3 Å². The van der Waals surface area contributed by atoms with Crippen LogP contribution in [0.1, 0.15) is 64.6 Å². The number of hydrogen-bond acceptors (Lipinski definition) is 4. The monoisotopic (exact) mass is 410 g/mol. The molecule has 2 aliphatic heterocycles. The van der Waals surface area contributed by atoms with Crippen molar-refractivity contribution in [2.45, 2.75) is 58.4 Å². The molecule has 0 radical (unpaired) electrons. The average Bonchev–Trinajstić information content (AvgIpc) is 3.18. The number of methoxy groups -OCH3 is 1. The molecule has 162 valence electrons. The lowest BCUT2D eigenvalue weighted by molar-refractivity contribution is 0.0942. The first-order valence-corrected chi connectivity index (χ1v) is 11.3. The van der Waals surface area contributed by atoms with Crippen LogP contribution in [-0.4, -0.2) is 53.6 Å². The van der Waals surface area contributed by atoms with E-state index in [-0.39, 0.29) is 5.91 Å². The third kappa shape index (κ3) is 4.53. The molecular weight excluding hydrogens is 376 g/mol. The smallest absolute Gasteiger partial charge is 0.271 e. The minimum Gasteiger partial charge on any atom is -0.496 e. The molecule has 4 rings (SSSR count). The highest BCUT2D eigenvalue weighted by atomic mass is 16.5. The van der Waals surface area contributed by atoms with Crippen molar-refractivity contribution >= 4 is 5.91 Å². The molecule has 6 heteroatoms. The Balaban J connectivity index is 1.37. The van der Waals surface area contributed by atoms with Gasteiger partial charge in [-0.15, -0.1) is 0 Å². The maximum Gasteiger partial charge on any atom is 0.271 e. The van der Waals surface area contributed by atoms with Gasteiger partial charge in [-0.1, -0.05) is 18.6 Å². The Labute approximate surface area is 179 Å². The third-order valence-electron chi connectivity index (χ3n) is 6.55. The van der Waals surface area contributed by atoms with Crippen molar-refractivity contribution in [3.63, 3.8) is 0 Å². The standard InChI is InChI=1S/C24H34N4O2/c1-17-13-20(14-18(2)23(17)30-3)19-7-8-22-26-21(16-28(22)15-19)24(29)25-9-12-27-10-5-4-6-11-27/h13-14,16,19H,4-12,15H2,1-3H3,(H,25,29)/t19-/m0/s1. The molecule has 0 saturated carbocycles. The van der Waals surface area contributed by atoms with E-state index in [1.807, 2.05) is 6.20 Å². The number of piperidine rings is 1. The van der Waals surface area contributed by atoms with Gasteiger partial charge in [-0.3, -0.25) is 4.79 Å². The second kappa shape index (κ2) is 9.21. The zero-order chi connectivity index (χ0) is 21.1. The van der Waals surface area contributed by atoms with Crippen LogP contribution in [0.25, 0.3) is 0 Å². The number of carbonyl (C=O) groups excluding carboxylic acids is 1. The summed E-state index contributed by atoms with van der Waals surface area (Å²) in [6.45, 7) is 9.00. The summed E-state index contributed by atoms with van der Waals surface area (Å²) in [6, 6.07) is 4.49. The van der Waals surface area contributed by atoms with E-state index in [1.54, 1.807) is 7.11 Å². The van der Waals surface area contributed by atoms with Crippen LogP contribution in [0.2, 0.25) is 0 Å². The first-order chi connectivity index (χ1) is 14.5. The van der Waals surface area contributed by atoms with Gasteiger partial charge in [0.25, 0.3) is 5.91 Å². The summed E-state index contributed by atoms with van der Waals surface area (Å²) in [7, 11) is 1.73. The lowest BCUT2D eigenvalue weighted by atomic mass is 9.89. The van der Waals surface area contributed by atoms with Crippen molar-refractivity contribution in [3.8, 4) is 5.75 Å². The fourth-order valence-corrected chi connectivity index (χ4v) is 4.97. The number of imidazole rings is 1. The molecule has 1 N–H and O–H groups in total. The number of nitrogens with one attached hydrogen (secondary N) is 1. The predicted octanol–water partition coefficient (Wildman–Crippen LogP) is 3.45. The Kier molecular flexibility index (Phi) is 6.42. The Morgan fingerprint density at radius 3 is 2.63 bits per heavy atom. The molecule has 2 aliphatic rings. The van der Waals surface area contributed by atoms with E-state index < -0.39 is 0 Å². The van der Waals surface area contributed by atoms with Crippen molar-refractivity contribution in [2.75, 3.05) is 33.3 Å². The molecule has 1 fully saturated rings. The van der Waals surface area contributed by atoms with Crippen molar-refractivity contribution < 1.29 is 9.53 Å². The zero-order valence-corrected chi connectivity index (χ0v) is 18.5. The topological polar surface area (TPSA) is 59.4 Å². The number of benzene rings is 1. The van der Waals surface area contributed by atoms with E-state index in [4.69, 9.17) is 4.74 Å². The van der Waals surface area contributed by atoms with E-state index in [9.17, 15) is 4.79 Å². The van der Waals surface area contributed by atoms with E-state index in [0.717, 1.165) is 50.6 Å². The highest BCUT2D eigenvalue weighted by Gasteiger charge is 2.24. The van der Waals surface area contributed by atoms with Crippen molar-refractivity contribution in [2.24, 2.45) is 0 Å². The Bertz CT molecular complexity index is 876. The molecule has 1 aromatic carbocycles. The summed E-state index contributed by atoms with van der Waals surface area (Å²) in [5, 5.41) is 3.06. The first-order valence-electron chi connectivity index (χ1n) is 11.3. The third-order valence-corrected chi connectivity index (χ3v) is 6.55. The fraction of sp³-hybridized carbons (Fsp3) is 0.583. The first kappa shape index (κ1) is 20.9. The quantitative estimate of drug-likeness (QED) is 0.792. The van der Waals surface area contributed by atoms with Crippen LogP contribution in [0, 0.1) is 13.8 Å². The molecule has 1 amide bonds. The Morgan fingerprint density at radius 1 is 1.20 bits per heavy atom. The summed E-state index contributed by atoms with van der Waals surface area (Å²) < 4.78 is 7.68. The van der Waals surface area contributed by atoms with Gasteiger partial charge in [0.05, 0.1) is 7.11 Å². The summed E-state index contributed by atoms with van der Waals surface area (Å²) >= 11 is 0. The van der Waals surface area contributed by atoms with E-state index in [2.05, 4.69) is 45.7 Å². The molecule has 0 spiro atoms. The van der Waals surface area contributed by atoms with Gasteiger partial charge in [-0.25, -0.2) is 4.98 Å². The second-order valence-electron chi connectivity index (χ2n) is 8.78. The number of hydrogen-bond donors (Lipinski definition) is 1. The van der Waals surface area contributed by atoms with Crippen molar-refractivity contribution in [1.29, 1.82) is 0 Å². The number of fused-ring (bicyclic) bond motifs is 1. The number of likely N-dealkylation sites (tertiary alicyclic amines) is 1. The van der Waals surface area contributed by atoms with Crippen LogP contribution in [-0.2, 0) is 13.0 Å². The van der Waals surface area contributed by atoms with Crippen LogP contribution < -0.4 is 10.1 Å². The van der Waals surface area contributed by atoms with Crippen LogP contribution in [0.5, 0.6) is 5.75 Å². The molecule has 30 heavy (non-hydrogen) atoms. The Hall–Kier alpha value is -2.34. The lowest BCUT2D eigenvalue weighted by Crippen LogP contribution is -2.37. The zero-order valence-electron chi connectivity index (χ0n) is 18.5. The molecule has 1 atom stereocenters. The van der Waals surface area contributed by atoms with Gasteiger partial charge in [-0.05, 0) is 62.9 Å². The van der Waals surface area contributed by atoms with E-state index in [1.165, 1.54) is 36.0 Å². The number of aromatic nitrogens is 2. The SMILES string of the molecule is COc1c(C)cc([C@H]2CCc3nc(C(=O)NCCN4CCCCC4)cn3C2)cc1C. The van der Waals surface area contributed by atoms with Gasteiger partial charge in [0, 0.05) is 38.2 Å². The number of rotatable bonds is 6. The number of amides is 1. The molecule has 3 heterocycles. The van der Waals surface area contributed by atoms with E-state index >= 15 is 0 Å². The van der Waals surface area contributed by atoms with Crippen LogP contribution >= 0.6 is 0 Å². The molecule has 1 aromatic heterocycles. The average molecular weight is 411 g/mol. The van der Waals surface area contributed by atoms with Crippen molar-refractivity contribution in [1.82, 2.24) is 19.8 Å². The lowest BCUT2D eigenvalue weighted by Gasteiger charge is -2.26. The predicted molar refractivity (Wildman–Crippen MR) is 118 cm³/mol. The molecule has 2 aromatic rings. The summed E-state index contributed by atoms with van der Waals surface area (Å²) in [5.41, 5.74) is 4.25. The summed E-state index contributed by atoms with van der Waals surface area (Å²) in [5.74, 6) is 2.38. The van der Waals surface area contributed by atoms with Crippen LogP contribution in [0.3, 0.4) is 0 Å². The van der Waals surface area contributed by atoms with Crippen LogP contribution in [0.4, 0.5) is 0 Å². The largest absolute Gasteiger partial charge is 0.496 e. The molecule has 0 aliphatic carbocycles. The van der Waals surface area contributed by atoms with Gasteiger partial charge in [-0.2, -0.15) is 0 Å². The number of aryl methyl sites for hydroxylation is 3. The van der Waals surface area contributed by atoms with E-state index in [0.29, 0.717) is 18.2 Å². The molecule has 1 saturated heterocycles. The van der Waals surface area contributed by atoms with Gasteiger partial charge < -0.3 is 19.5 Å². The number of nitrogens with zero attached hydrogens (tertiary/aromatic N) is 3. The molecule has 6 nitrogen and oxygen atoms in total. The fourth-order valence-electron chi connectivity index (χ4n) is 4.97. The van der Waals surface area contributed by atoms with Crippen LogP contribution in [0.15, 0.2) is 18.3 Å². The maximum absolute atomic E-state index is 12.6. The van der Waals surface area contributed by atoms with Gasteiger partial charge >= 0.3 is 0 Å². The minimum absolute atomic E-state index is 0.0541. The minimum atomic E-state index is -0.0541. The second-order valence-corrected chi connectivity index (χ2v) is 8.78. The summed E-state index contributed by atoms with van der Waals surface area (Å²) in [4.78, 5) is 19.7. The Morgan fingerprint density at radius 2 is 1.93 bits per heavy atom. The molecule has 0 unspecified atom stereocenters. The summed E-state index contributed by atoms with van der Waals surface area (Å²) in [6.07, 6.45) is 7.76. The number of ether oxygens (including phenoxy) is 1. The normalized spacial score (nSPS) is 19.4. The molecule has 0 bridgehead atoms. The van der Waals surface area contributed by atoms with Gasteiger partial charge in [0.15, 0.2) is 0 Å².